The van der Waals surface area contributed by atoms with Gasteiger partial charge in [0.15, 0.2) is 0 Å². The highest BCUT2D eigenvalue weighted by Crippen LogP contribution is 2.31. The number of hydrogen-bond acceptors (Lipinski definition) is 4. The quantitative estimate of drug-likeness (QED) is 0.384. The average Bonchev–Trinajstić information content (AvgIpc) is 2.93. The van der Waals surface area contributed by atoms with Crippen LogP contribution in [0.3, 0.4) is 0 Å². The summed E-state index contributed by atoms with van der Waals surface area (Å²) in [7, 11) is 0. The first-order valence-electron chi connectivity index (χ1n) is 7.77. The highest BCUT2D eigenvalue weighted by atomic mass is 35.5. The first kappa shape index (κ1) is 17.2. The molecule has 2 aromatic carbocycles. The van der Waals surface area contributed by atoms with E-state index in [-0.39, 0.29) is 5.88 Å². The number of alkyl halides is 1. The normalized spacial score (nSPS) is 12.2. The lowest BCUT2D eigenvalue weighted by atomic mass is 10.1. The third-order valence-corrected chi connectivity index (χ3v) is 4.42. The van der Waals surface area contributed by atoms with E-state index in [0.29, 0.717) is 17.7 Å². The Morgan fingerprint density at radius 2 is 1.60 bits per heavy atom. The highest BCUT2D eigenvalue weighted by Gasteiger charge is 2.17. The van der Waals surface area contributed by atoms with Crippen LogP contribution < -0.4 is 0 Å². The monoisotopic (exact) mass is 357 g/mol. The van der Waals surface area contributed by atoms with Crippen molar-refractivity contribution in [2.75, 3.05) is 5.88 Å². The number of benzene rings is 2. The van der Waals surface area contributed by atoms with Crippen LogP contribution in [0.25, 0.3) is 21.8 Å². The van der Waals surface area contributed by atoms with E-state index in [4.69, 9.17) is 16.3 Å². The molecule has 0 saturated carbocycles. The van der Waals surface area contributed by atoms with Gasteiger partial charge in [0.1, 0.15) is 18.7 Å². The summed E-state index contributed by atoms with van der Waals surface area (Å²) >= 11 is 5.94. The van der Waals surface area contributed by atoms with Gasteiger partial charge in [-0.1, -0.05) is 0 Å². The van der Waals surface area contributed by atoms with E-state index in [0.717, 1.165) is 34.4 Å². The zero-order chi connectivity index (χ0) is 18.0. The van der Waals surface area contributed by atoms with E-state index in [1.807, 2.05) is 16.7 Å². The second-order valence-electron chi connectivity index (χ2n) is 5.79. The first-order valence-corrected chi connectivity index (χ1v) is 8.30. The fourth-order valence-electron chi connectivity index (χ4n) is 3.04. The number of nitrogens with zero attached hydrogens (tertiary/aromatic N) is 1. The lowest BCUT2D eigenvalue weighted by Gasteiger charge is -2.16. The van der Waals surface area contributed by atoms with Crippen molar-refractivity contribution in [3.8, 4) is 0 Å². The van der Waals surface area contributed by atoms with Crippen LogP contribution in [0, 0.1) is 0 Å². The van der Waals surface area contributed by atoms with Crippen molar-refractivity contribution in [3.63, 3.8) is 0 Å². The summed E-state index contributed by atoms with van der Waals surface area (Å²) in [5.41, 5.74) is 2.87. The average molecular weight is 358 g/mol. The van der Waals surface area contributed by atoms with Crippen molar-refractivity contribution >= 4 is 51.9 Å². The molecule has 3 aromatic rings. The molecule has 0 aliphatic rings. The zero-order valence-corrected chi connectivity index (χ0v) is 14.3. The van der Waals surface area contributed by atoms with Crippen LogP contribution in [0.1, 0.15) is 27.6 Å². The van der Waals surface area contributed by atoms with Crippen molar-refractivity contribution in [3.05, 3.63) is 47.5 Å². The van der Waals surface area contributed by atoms with Gasteiger partial charge in [0.2, 0.25) is 0 Å². The lowest BCUT2D eigenvalue weighted by molar-refractivity contribution is -0.145. The van der Waals surface area contributed by atoms with Gasteiger partial charge in [-0.2, -0.15) is 0 Å². The highest BCUT2D eigenvalue weighted by molar-refractivity contribution is 6.18. The summed E-state index contributed by atoms with van der Waals surface area (Å²) in [6.07, 6.45) is 1.09. The Kier molecular flexibility index (Phi) is 4.86. The van der Waals surface area contributed by atoms with Crippen molar-refractivity contribution in [1.29, 1.82) is 0 Å². The number of carbonyl (C=O) groups excluding carboxylic acids is 3. The Labute approximate surface area is 149 Å². The molecule has 0 aliphatic heterocycles. The molecule has 0 spiro atoms. The fraction of sp³-hybridized carbons (Fsp3) is 0.211. The minimum Gasteiger partial charge on any atom is -0.459 e. The van der Waals surface area contributed by atoms with Crippen LogP contribution in [-0.4, -0.2) is 35.1 Å². The standard InChI is InChI=1S/C19H16ClNO4/c1-12(24)25-15(8-20)9-21-18-4-2-13(10-22)6-16(18)17-7-14(11-23)3-5-19(17)21/h2-7,10-11,15H,8-9H2,1H3. The molecule has 1 atom stereocenters. The van der Waals surface area contributed by atoms with Gasteiger partial charge in [-0.05, 0) is 36.4 Å². The number of fused-ring (bicyclic) bond motifs is 3. The van der Waals surface area contributed by atoms with Crippen LogP contribution in [0.2, 0.25) is 0 Å². The SMILES string of the molecule is CC(=O)OC(CCl)Cn1c2ccc(C=O)cc2c2cc(C=O)ccc21. The number of hydrogen-bond donors (Lipinski definition) is 0. The largest absolute Gasteiger partial charge is 0.459 e. The Hall–Kier alpha value is -2.66. The van der Waals surface area contributed by atoms with E-state index in [1.165, 1.54) is 6.92 Å². The number of carbonyl (C=O) groups is 3. The summed E-state index contributed by atoms with van der Waals surface area (Å²) in [6, 6.07) is 10.7. The number of aldehydes is 2. The van der Waals surface area contributed by atoms with E-state index in [1.54, 1.807) is 24.3 Å². The van der Waals surface area contributed by atoms with Crippen LogP contribution in [-0.2, 0) is 16.1 Å². The molecule has 3 rings (SSSR count). The predicted molar refractivity (Wildman–Crippen MR) is 96.5 cm³/mol. The molecule has 0 N–H and O–H groups in total. The topological polar surface area (TPSA) is 65.4 Å². The Morgan fingerprint density at radius 3 is 2.00 bits per heavy atom. The molecule has 0 bridgehead atoms. The Morgan fingerprint density at radius 1 is 1.08 bits per heavy atom. The minimum atomic E-state index is -0.477. The first-order chi connectivity index (χ1) is 12.1. The van der Waals surface area contributed by atoms with Gasteiger partial charge in [0, 0.05) is 39.9 Å². The summed E-state index contributed by atoms with van der Waals surface area (Å²) in [5, 5.41) is 1.72. The molecule has 5 nitrogen and oxygen atoms in total. The van der Waals surface area contributed by atoms with E-state index < -0.39 is 12.1 Å². The molecule has 0 amide bonds. The van der Waals surface area contributed by atoms with Gasteiger partial charge in [0.05, 0.1) is 12.4 Å². The fourth-order valence-corrected chi connectivity index (χ4v) is 3.20. The second-order valence-corrected chi connectivity index (χ2v) is 6.09. The Bertz CT molecular complexity index is 911. The van der Waals surface area contributed by atoms with Crippen LogP contribution in [0.15, 0.2) is 36.4 Å². The molecule has 1 unspecified atom stereocenters. The maximum absolute atomic E-state index is 11.3. The van der Waals surface area contributed by atoms with E-state index in [9.17, 15) is 14.4 Å². The molecule has 0 aliphatic carbocycles. The maximum atomic E-state index is 11.3. The summed E-state index contributed by atoms with van der Waals surface area (Å²) < 4.78 is 7.25. The molecular formula is C19H16ClNO4. The van der Waals surface area contributed by atoms with Crippen LogP contribution >= 0.6 is 11.6 Å². The maximum Gasteiger partial charge on any atom is 0.303 e. The van der Waals surface area contributed by atoms with Gasteiger partial charge < -0.3 is 9.30 Å². The molecule has 128 valence electrons. The molecule has 0 saturated heterocycles. The number of halogens is 1. The zero-order valence-electron chi connectivity index (χ0n) is 13.6. The van der Waals surface area contributed by atoms with Crippen molar-refractivity contribution < 1.29 is 19.1 Å². The van der Waals surface area contributed by atoms with Crippen LogP contribution in [0.4, 0.5) is 0 Å². The molecular weight excluding hydrogens is 342 g/mol. The summed E-state index contributed by atoms with van der Waals surface area (Å²) in [4.78, 5) is 33.5. The van der Waals surface area contributed by atoms with Gasteiger partial charge in [-0.3, -0.25) is 14.4 Å². The third-order valence-electron chi connectivity index (χ3n) is 4.08. The summed E-state index contributed by atoms with van der Waals surface area (Å²) in [6.45, 7) is 1.72. The molecule has 0 fully saturated rings. The summed E-state index contributed by atoms with van der Waals surface area (Å²) in [5.74, 6) is -0.225. The smallest absolute Gasteiger partial charge is 0.303 e. The number of rotatable bonds is 6. The van der Waals surface area contributed by atoms with Crippen molar-refractivity contribution in [1.82, 2.24) is 4.57 Å². The molecule has 6 heteroatoms. The van der Waals surface area contributed by atoms with Gasteiger partial charge in [-0.25, -0.2) is 0 Å². The van der Waals surface area contributed by atoms with Gasteiger partial charge in [-0.15, -0.1) is 11.6 Å². The van der Waals surface area contributed by atoms with Gasteiger partial charge in [0.25, 0.3) is 0 Å². The third kappa shape index (κ3) is 3.28. The van der Waals surface area contributed by atoms with Crippen molar-refractivity contribution in [2.24, 2.45) is 0 Å². The predicted octanol–water partition coefficient (Wildman–Crippen LogP) is 3.59. The number of aromatic nitrogens is 1. The Balaban J connectivity index is 2.23. The molecule has 0 radical (unpaired) electrons. The van der Waals surface area contributed by atoms with E-state index in [2.05, 4.69) is 0 Å². The van der Waals surface area contributed by atoms with E-state index >= 15 is 0 Å². The number of esters is 1. The molecule has 1 heterocycles. The lowest BCUT2D eigenvalue weighted by Crippen LogP contribution is -2.24. The molecule has 25 heavy (non-hydrogen) atoms. The van der Waals surface area contributed by atoms with Crippen molar-refractivity contribution in [2.45, 2.75) is 19.6 Å². The minimum absolute atomic E-state index is 0.166. The van der Waals surface area contributed by atoms with Crippen LogP contribution in [0.5, 0.6) is 0 Å². The molecule has 1 aromatic heterocycles. The second kappa shape index (κ2) is 7.07. The van der Waals surface area contributed by atoms with Gasteiger partial charge >= 0.3 is 5.97 Å². The number of ether oxygens (including phenoxy) is 1.